The number of benzene rings is 1. The van der Waals surface area contributed by atoms with E-state index >= 15 is 0 Å². The number of nitriles is 2. The highest BCUT2D eigenvalue weighted by Gasteiger charge is 2.23. The number of nitrogens with one attached hydrogen (secondary N) is 2. The molecule has 7 nitrogen and oxygen atoms in total. The summed E-state index contributed by atoms with van der Waals surface area (Å²) in [7, 11) is 0. The van der Waals surface area contributed by atoms with Gasteiger partial charge in [0.05, 0.1) is 17.4 Å². The minimum atomic E-state index is -0.575. The van der Waals surface area contributed by atoms with Gasteiger partial charge in [-0.15, -0.1) is 5.10 Å². The summed E-state index contributed by atoms with van der Waals surface area (Å²) in [4.78, 5) is 4.25. The quantitative estimate of drug-likeness (QED) is 0.761. The Hall–Kier alpha value is -3.65. The van der Waals surface area contributed by atoms with Gasteiger partial charge in [0, 0.05) is 17.8 Å². The summed E-state index contributed by atoms with van der Waals surface area (Å²) in [6.07, 6.45) is 3.65. The van der Waals surface area contributed by atoms with Gasteiger partial charge < -0.3 is 10.6 Å². The smallest absolute Gasteiger partial charge is 0.178 e. The first-order chi connectivity index (χ1) is 12.2. The fraction of sp³-hybridized carbons (Fsp3) is 0.176. The van der Waals surface area contributed by atoms with Crippen molar-refractivity contribution < 1.29 is 4.39 Å². The minimum Gasteiger partial charge on any atom is -0.379 e. The summed E-state index contributed by atoms with van der Waals surface area (Å²) in [6.45, 7) is 0. The highest BCUT2D eigenvalue weighted by Crippen LogP contribution is 2.29. The van der Waals surface area contributed by atoms with Gasteiger partial charge in [0.15, 0.2) is 17.2 Å². The van der Waals surface area contributed by atoms with Gasteiger partial charge in [0.25, 0.3) is 0 Å². The number of rotatable bonds is 4. The molecule has 1 aliphatic carbocycles. The Kier molecular flexibility index (Phi) is 3.44. The molecule has 8 heteroatoms. The maximum Gasteiger partial charge on any atom is 0.178 e. The van der Waals surface area contributed by atoms with Crippen molar-refractivity contribution in [1.82, 2.24) is 14.6 Å². The molecule has 1 saturated carbocycles. The summed E-state index contributed by atoms with van der Waals surface area (Å²) in [5, 5.41) is 29.0. The Morgan fingerprint density at radius 3 is 2.76 bits per heavy atom. The second-order valence-electron chi connectivity index (χ2n) is 5.78. The second kappa shape index (κ2) is 5.77. The van der Waals surface area contributed by atoms with Crippen molar-refractivity contribution in [3.05, 3.63) is 47.5 Å². The third-order valence-corrected chi connectivity index (χ3v) is 3.88. The standard InChI is InChI=1S/C17H12FN7/c18-14-4-3-12(5-10(14)7-19)23-16-6-15(22-11-1-2-11)17-21-9-13(8-20)25(17)24-16/h3-6,9,11,22H,1-2H2,(H,23,24). The van der Waals surface area contributed by atoms with Crippen LogP contribution in [0.4, 0.5) is 21.6 Å². The average Bonchev–Trinajstić information content (AvgIpc) is 3.33. The van der Waals surface area contributed by atoms with E-state index in [1.54, 1.807) is 12.1 Å². The number of hydrogen-bond acceptors (Lipinski definition) is 6. The van der Waals surface area contributed by atoms with Crippen LogP contribution in [0.2, 0.25) is 0 Å². The molecule has 0 radical (unpaired) electrons. The molecule has 0 amide bonds. The predicted molar refractivity (Wildman–Crippen MR) is 88.7 cm³/mol. The first-order valence-electron chi connectivity index (χ1n) is 7.70. The molecule has 0 unspecified atom stereocenters. The first kappa shape index (κ1) is 14.9. The van der Waals surface area contributed by atoms with Crippen LogP contribution in [0.25, 0.3) is 5.65 Å². The number of imidazole rings is 1. The van der Waals surface area contributed by atoms with Crippen LogP contribution in [0.3, 0.4) is 0 Å². The van der Waals surface area contributed by atoms with Crippen molar-refractivity contribution in [1.29, 1.82) is 10.5 Å². The molecule has 1 aliphatic rings. The SMILES string of the molecule is N#Cc1cc(Nc2cc(NC3CC3)c3ncc(C#N)n3n2)ccc1F. The van der Waals surface area contributed by atoms with Gasteiger partial charge in [-0.05, 0) is 31.0 Å². The molecule has 0 spiro atoms. The minimum absolute atomic E-state index is 0.0530. The average molecular weight is 333 g/mol. The highest BCUT2D eigenvalue weighted by atomic mass is 19.1. The van der Waals surface area contributed by atoms with Gasteiger partial charge >= 0.3 is 0 Å². The van der Waals surface area contributed by atoms with Crippen molar-refractivity contribution in [2.24, 2.45) is 0 Å². The molecule has 1 fully saturated rings. The lowest BCUT2D eigenvalue weighted by Crippen LogP contribution is -2.07. The van der Waals surface area contributed by atoms with Gasteiger partial charge in [-0.25, -0.2) is 9.37 Å². The molecule has 3 aromatic rings. The summed E-state index contributed by atoms with van der Waals surface area (Å²) in [6, 6.07) is 10.2. The fourth-order valence-electron chi connectivity index (χ4n) is 2.50. The highest BCUT2D eigenvalue weighted by molar-refractivity contribution is 5.73. The Morgan fingerprint density at radius 1 is 1.20 bits per heavy atom. The molecular formula is C17H12FN7. The molecule has 0 atom stereocenters. The Morgan fingerprint density at radius 2 is 2.04 bits per heavy atom. The zero-order chi connectivity index (χ0) is 17.4. The van der Waals surface area contributed by atoms with Gasteiger partial charge in [-0.1, -0.05) is 0 Å². The van der Waals surface area contributed by atoms with Crippen molar-refractivity contribution in [2.45, 2.75) is 18.9 Å². The molecule has 2 N–H and O–H groups in total. The van der Waals surface area contributed by atoms with Crippen LogP contribution in [0.5, 0.6) is 0 Å². The van der Waals surface area contributed by atoms with Crippen molar-refractivity contribution in [2.75, 3.05) is 10.6 Å². The summed E-state index contributed by atoms with van der Waals surface area (Å²) < 4.78 is 14.9. The lowest BCUT2D eigenvalue weighted by atomic mass is 10.2. The van der Waals surface area contributed by atoms with Crippen molar-refractivity contribution in [3.8, 4) is 12.1 Å². The van der Waals surface area contributed by atoms with E-state index in [0.29, 0.717) is 28.9 Å². The molecule has 2 heterocycles. The first-order valence-corrected chi connectivity index (χ1v) is 7.70. The number of halogens is 1. The normalized spacial score (nSPS) is 13.2. The Bertz CT molecular complexity index is 1050. The van der Waals surface area contributed by atoms with Crippen LogP contribution in [0.1, 0.15) is 24.1 Å². The zero-order valence-corrected chi connectivity index (χ0v) is 13.0. The van der Waals surface area contributed by atoms with Gasteiger partial charge in [0.2, 0.25) is 0 Å². The zero-order valence-electron chi connectivity index (χ0n) is 13.0. The van der Waals surface area contributed by atoms with Crippen LogP contribution in [0, 0.1) is 28.5 Å². The largest absolute Gasteiger partial charge is 0.379 e. The summed E-state index contributed by atoms with van der Waals surface area (Å²) in [5.41, 5.74) is 2.13. The second-order valence-corrected chi connectivity index (χ2v) is 5.78. The van der Waals surface area contributed by atoms with E-state index in [-0.39, 0.29) is 5.56 Å². The molecule has 2 aromatic heterocycles. The van der Waals surface area contributed by atoms with E-state index in [9.17, 15) is 9.65 Å². The molecule has 25 heavy (non-hydrogen) atoms. The fourth-order valence-corrected chi connectivity index (χ4v) is 2.50. The molecule has 122 valence electrons. The topological polar surface area (TPSA) is 102 Å². The van der Waals surface area contributed by atoms with Gasteiger partial charge in [-0.3, -0.25) is 0 Å². The van der Waals surface area contributed by atoms with Crippen LogP contribution in [-0.2, 0) is 0 Å². The maximum atomic E-state index is 13.5. The number of aromatic nitrogens is 3. The molecule has 1 aromatic carbocycles. The van der Waals surface area contributed by atoms with Gasteiger partial charge in [-0.2, -0.15) is 15.0 Å². The third-order valence-electron chi connectivity index (χ3n) is 3.88. The van der Waals surface area contributed by atoms with E-state index in [1.807, 2.05) is 0 Å². The van der Waals surface area contributed by atoms with E-state index in [0.717, 1.165) is 18.5 Å². The number of anilines is 3. The van der Waals surface area contributed by atoms with Crippen LogP contribution in [-0.4, -0.2) is 20.6 Å². The van der Waals surface area contributed by atoms with E-state index in [2.05, 4.69) is 26.8 Å². The van der Waals surface area contributed by atoms with Crippen LogP contribution >= 0.6 is 0 Å². The van der Waals surface area contributed by atoms with Gasteiger partial charge in [0.1, 0.15) is 18.0 Å². The predicted octanol–water partition coefficient (Wildman–Crippen LogP) is 2.93. The van der Waals surface area contributed by atoms with E-state index < -0.39 is 5.82 Å². The Labute approximate surface area is 142 Å². The maximum absolute atomic E-state index is 13.5. The molecule has 0 bridgehead atoms. The molecule has 4 rings (SSSR count). The summed E-state index contributed by atoms with van der Waals surface area (Å²) in [5.74, 6) is -0.116. The molecule has 0 saturated heterocycles. The van der Waals surface area contributed by atoms with Crippen LogP contribution < -0.4 is 10.6 Å². The summed E-state index contributed by atoms with van der Waals surface area (Å²) >= 11 is 0. The number of hydrogen-bond donors (Lipinski definition) is 2. The lowest BCUT2D eigenvalue weighted by Gasteiger charge is -2.11. The van der Waals surface area contributed by atoms with E-state index in [4.69, 9.17) is 5.26 Å². The molecular weight excluding hydrogens is 321 g/mol. The Balaban J connectivity index is 1.76. The van der Waals surface area contributed by atoms with Crippen molar-refractivity contribution in [3.63, 3.8) is 0 Å². The van der Waals surface area contributed by atoms with E-state index in [1.165, 1.54) is 28.9 Å². The van der Waals surface area contributed by atoms with Crippen LogP contribution in [0.15, 0.2) is 30.5 Å². The third kappa shape index (κ3) is 2.81. The van der Waals surface area contributed by atoms with Crippen molar-refractivity contribution >= 4 is 22.8 Å². The molecule has 0 aliphatic heterocycles. The monoisotopic (exact) mass is 333 g/mol. The number of fused-ring (bicyclic) bond motifs is 1. The lowest BCUT2D eigenvalue weighted by molar-refractivity contribution is 0.624. The number of nitrogens with zero attached hydrogens (tertiary/aromatic N) is 5.